The van der Waals surface area contributed by atoms with Gasteiger partial charge in [0.1, 0.15) is 91.5 Å². The zero-order valence-corrected chi connectivity index (χ0v) is 75.9. The number of nitro groups is 2. The smallest absolute Gasteiger partial charge is 0.490 e. The fraction of sp³-hybridized carbons (Fsp3) is 0.192. The number of halogens is 8. The number of phenolic OH excluding ortho intramolecular Hbond substituents is 5. The number of benzene rings is 9. The molecule has 0 bridgehead atoms. The number of hydrogen-bond acceptors (Lipinski definition) is 35. The van der Waals surface area contributed by atoms with E-state index >= 15 is 0 Å². The van der Waals surface area contributed by atoms with Crippen molar-refractivity contribution in [2.45, 2.75) is 25.7 Å². The quantitative estimate of drug-likeness (QED) is 0.00914. The molecule has 0 radical (unpaired) electrons. The van der Waals surface area contributed by atoms with E-state index in [1.54, 1.807) is 81.2 Å². The molecule has 0 aliphatic carbocycles. The van der Waals surface area contributed by atoms with Crippen LogP contribution in [0.15, 0.2) is 176 Å². The fourth-order valence-corrected chi connectivity index (χ4v) is 13.9. The number of pyridine rings is 1. The lowest BCUT2D eigenvalue weighted by molar-refractivity contribution is -0.535. The van der Waals surface area contributed by atoms with Crippen LogP contribution in [0.5, 0.6) is 51.7 Å². The second kappa shape index (κ2) is 48.3. The monoisotopic (exact) mass is 2060 g/mol. The van der Waals surface area contributed by atoms with Crippen LogP contribution in [0.4, 0.5) is 46.5 Å². The molecule has 660 valence electrons. The minimum absolute atomic E-state index is 0.00460. The SMILES string of the molecule is Brc1cccnc1.COc1ccc(Cl)c(-c2cc(O)c3nc(N)nnc3c2)c1.COc1ccc(Cl)c(-c2cc(OCCN3CCCC3)c3nc(N)nnc3c2)c1.COc1ccc(Cl)c(B(O)O)c1.ClCCN1CCCC1.Nc1c(O)cc(Br)cc1[N+](=O)[O-].Nc1c(O)cccc1[N+](=O)[O-].Nc1nc2c(O)cc(Br)cc2[n+](=O)[nH]1.Nc1nnc2cc(Br)cc(O)c2n1. The molecule has 20 N–H and O–H groups in total. The number of nitrogen functional groups attached to an aromatic ring is 6. The van der Waals surface area contributed by atoms with Crippen molar-refractivity contribution >= 4 is 213 Å². The molecule has 126 heavy (non-hydrogen) atoms. The first-order valence-corrected chi connectivity index (χ1v) is 41.6. The van der Waals surface area contributed by atoms with Crippen LogP contribution in [-0.4, -0.2) is 196 Å². The van der Waals surface area contributed by atoms with Crippen LogP contribution in [0.1, 0.15) is 25.7 Å². The molecule has 7 heterocycles. The number of likely N-dealkylation sites (tertiary alicyclic amines) is 2. The van der Waals surface area contributed by atoms with Gasteiger partial charge >= 0.3 is 12.6 Å². The van der Waals surface area contributed by atoms with Gasteiger partial charge in [0.15, 0.2) is 21.4 Å². The number of methoxy groups -OCH3 is 3. The average molecular weight is 2070 g/mol. The summed E-state index contributed by atoms with van der Waals surface area (Å²) < 4.78 is 24.7. The third-order valence-corrected chi connectivity index (χ3v) is 20.4. The molecule has 48 heteroatoms. The van der Waals surface area contributed by atoms with E-state index in [-0.39, 0.29) is 91.8 Å². The second-order valence-electron chi connectivity index (χ2n) is 26.0. The van der Waals surface area contributed by atoms with Crippen LogP contribution in [0, 0.1) is 25.1 Å². The number of anilines is 6. The molecular weight excluding hydrogens is 1990 g/mol. The number of fused-ring (bicyclic) bond motifs is 4. The van der Waals surface area contributed by atoms with Gasteiger partial charge in [0.05, 0.1) is 36.1 Å². The molecule has 14 aromatic rings. The summed E-state index contributed by atoms with van der Waals surface area (Å²) in [7, 11) is 3.13. The van der Waals surface area contributed by atoms with Crippen LogP contribution < -0.4 is 63.4 Å². The molecule has 9 aromatic carbocycles. The number of nitrogens with two attached hydrogens (primary N) is 6. The highest BCUT2D eigenvalue weighted by molar-refractivity contribution is 9.11. The van der Waals surface area contributed by atoms with Gasteiger partial charge < -0.3 is 93.8 Å². The normalized spacial score (nSPS) is 11.8. The Morgan fingerprint density at radius 1 is 0.500 bits per heavy atom. The molecule has 0 unspecified atom stereocenters. The van der Waals surface area contributed by atoms with E-state index in [4.69, 9.17) is 120 Å². The van der Waals surface area contributed by atoms with Gasteiger partial charge in [-0.05, 0) is 200 Å². The number of nitrogens with one attached hydrogen (secondary N) is 1. The number of H-pyrrole nitrogens is 1. The van der Waals surface area contributed by atoms with Gasteiger partial charge in [-0.15, -0.1) is 42.2 Å². The van der Waals surface area contributed by atoms with Gasteiger partial charge in [-0.1, -0.05) is 93.8 Å². The van der Waals surface area contributed by atoms with Crippen molar-refractivity contribution in [1.82, 2.24) is 70.4 Å². The highest BCUT2D eigenvalue weighted by Crippen LogP contribution is 2.40. The number of rotatable bonds is 14. The number of nitro benzene ring substituents is 2. The lowest BCUT2D eigenvalue weighted by atomic mass is 9.80. The maximum Gasteiger partial charge on any atom is 0.490 e. The fourth-order valence-electron chi connectivity index (χ4n) is 11.4. The maximum absolute atomic E-state index is 11.3. The van der Waals surface area contributed by atoms with E-state index in [0.29, 0.717) is 96.6 Å². The predicted molar refractivity (Wildman–Crippen MR) is 497 cm³/mol. The van der Waals surface area contributed by atoms with E-state index in [9.17, 15) is 40.5 Å². The summed E-state index contributed by atoms with van der Waals surface area (Å²) in [5, 5.41) is 112. The van der Waals surface area contributed by atoms with Gasteiger partial charge in [-0.3, -0.25) is 30.1 Å². The summed E-state index contributed by atoms with van der Waals surface area (Å²) in [4.78, 5) is 55.1. The van der Waals surface area contributed by atoms with E-state index in [1.807, 2.05) is 36.4 Å². The Hall–Kier alpha value is -12.2. The third kappa shape index (κ3) is 29.2. The van der Waals surface area contributed by atoms with Crippen molar-refractivity contribution < 1.29 is 68.9 Å². The molecule has 0 amide bonds. The summed E-state index contributed by atoms with van der Waals surface area (Å²) in [6.45, 7) is 7.31. The number of aromatic amines is 1. The molecule has 5 aromatic heterocycles. The minimum Gasteiger partial charge on any atom is -0.506 e. The van der Waals surface area contributed by atoms with E-state index < -0.39 is 17.0 Å². The van der Waals surface area contributed by atoms with Crippen molar-refractivity contribution in [3.05, 3.63) is 216 Å². The Labute approximate surface area is 770 Å². The lowest BCUT2D eigenvalue weighted by Crippen LogP contribution is -2.30. The van der Waals surface area contributed by atoms with Gasteiger partial charge in [0.25, 0.3) is 17.3 Å². The van der Waals surface area contributed by atoms with Crippen molar-refractivity contribution in [2.24, 2.45) is 0 Å². The van der Waals surface area contributed by atoms with Gasteiger partial charge in [0, 0.05) is 99.1 Å². The summed E-state index contributed by atoms with van der Waals surface area (Å²) >= 11 is 36.5. The summed E-state index contributed by atoms with van der Waals surface area (Å²) in [5.41, 5.74) is 37.8. The van der Waals surface area contributed by atoms with Crippen molar-refractivity contribution in [2.75, 3.05) is 107 Å². The Bertz CT molecular complexity index is 6180. The molecule has 2 fully saturated rings. The highest BCUT2D eigenvalue weighted by atomic mass is 79.9. The van der Waals surface area contributed by atoms with Crippen LogP contribution >= 0.6 is 110 Å². The molecule has 0 saturated carbocycles. The zero-order valence-electron chi connectivity index (χ0n) is 66.5. The van der Waals surface area contributed by atoms with E-state index in [2.05, 4.69) is 134 Å². The Kier molecular flexibility index (Phi) is 38.1. The zero-order chi connectivity index (χ0) is 92.0. The number of para-hydroxylation sites is 1. The number of phenols is 5. The topological polar surface area (TPSA) is 608 Å². The van der Waals surface area contributed by atoms with Crippen LogP contribution in [0.25, 0.3) is 66.4 Å². The van der Waals surface area contributed by atoms with Gasteiger partial charge in [0.2, 0.25) is 17.8 Å². The van der Waals surface area contributed by atoms with E-state index in [0.717, 1.165) is 57.9 Å². The third-order valence-electron chi connectivity index (χ3n) is 17.4. The molecule has 2 saturated heterocycles. The number of hydrogen-bond donors (Lipinski definition) is 14. The number of alkyl halides is 1. The number of ether oxygens (including phenoxy) is 4. The van der Waals surface area contributed by atoms with Crippen molar-refractivity contribution in [3.63, 3.8) is 0 Å². The standard InChI is InChI=1S/C20H22ClN5O2.C14H11ClN4O2.C7H8BClO3.C7H5BrN4O2.C7H5BrN4O.C6H5BrN2O3.C6H12ClN.C6H6N2O3.C5H4BrN/c1-27-14-4-5-16(21)15(12-14)13-10-17-19(23-20(22)25-24-17)18(11-13)28-9-8-26-6-2-3-7-26;1-21-8-2-3-10(15)9(6-8)7-4-11-13(12(20)5-7)17-14(16)19-18-11;1-12-5-2-3-7(9)6(4-5)8(10)11;8-3-1-4-6(5(13)2-3)10-7(9)11-12(4)14;8-3-1-4-6(5(13)2-3)10-7(9)12-11-4;7-3-1-4(9(11)12)6(8)5(10)2-3;7-3-6-8-4-1-2-5-8;7-6-4(8(10)11)2-1-3-5(6)9;6-5-2-1-3-7-4-5/h4-5,10-12H,2-3,6-9H2,1H3,(H2,22,23,25);2-6,20H,1H3,(H2,16,17,19);2-4,10-11H,1H3;1-2H,(H3-,9,10,11,13,14);1-2,13H,(H2,9,10,12);1-2,10H,8H2;1-6H2;1-3,9H,7H2;1-4H/p+1. The lowest BCUT2D eigenvalue weighted by Gasteiger charge is -2.16. The maximum atomic E-state index is 11.3. The Morgan fingerprint density at radius 3 is 1.45 bits per heavy atom. The molecular formula is C78H79BBr4Cl4N23O16+. The highest BCUT2D eigenvalue weighted by Gasteiger charge is 2.22. The second-order valence-corrected chi connectivity index (χ2v) is 31.3. The van der Waals surface area contributed by atoms with Gasteiger partial charge in [-0.2, -0.15) is 4.98 Å². The predicted octanol–water partition coefficient (Wildman–Crippen LogP) is 13.4. The number of nitrogens with zero attached hydrogens (tertiary/aromatic N) is 16. The first kappa shape index (κ1) is 99.2. The number of aromatic hydroxyl groups is 5. The largest absolute Gasteiger partial charge is 0.506 e. The Morgan fingerprint density at radius 2 is 0.960 bits per heavy atom. The summed E-state index contributed by atoms with van der Waals surface area (Å²) in [5.74, 6) is 2.79. The van der Waals surface area contributed by atoms with Crippen LogP contribution in [0.3, 0.4) is 0 Å². The summed E-state index contributed by atoms with van der Waals surface area (Å²) in [6.07, 6.45) is 8.74. The van der Waals surface area contributed by atoms with E-state index in [1.165, 1.54) is 100 Å². The first-order valence-electron chi connectivity index (χ1n) is 36.8. The minimum atomic E-state index is -1.56. The molecule has 0 spiro atoms. The van der Waals surface area contributed by atoms with Gasteiger partial charge in [-0.25, -0.2) is 15.0 Å². The average Bonchev–Trinajstić information content (AvgIpc) is 0.816. The molecule has 16 rings (SSSR count). The van der Waals surface area contributed by atoms with Crippen molar-refractivity contribution in [3.8, 4) is 74.0 Å². The van der Waals surface area contributed by atoms with Crippen molar-refractivity contribution in [1.29, 1.82) is 0 Å². The van der Waals surface area contributed by atoms with Crippen LogP contribution in [0.2, 0.25) is 15.1 Å². The molecule has 2 aliphatic rings. The molecule has 39 nitrogen and oxygen atoms in total. The molecule has 0 atom stereocenters. The number of aromatic nitrogens is 13. The Balaban J connectivity index is 0.000000181. The molecule has 2 aliphatic heterocycles. The van der Waals surface area contributed by atoms with Crippen LogP contribution in [-0.2, 0) is 0 Å². The summed E-state index contributed by atoms with van der Waals surface area (Å²) in [6, 6.07) is 39.0. The first-order chi connectivity index (χ1) is 60.1.